The number of rotatable bonds is 8. The van der Waals surface area contributed by atoms with E-state index in [1.807, 2.05) is 6.07 Å². The zero-order chi connectivity index (χ0) is 16.1. The Kier molecular flexibility index (Phi) is 5.87. The molecule has 0 saturated carbocycles. The van der Waals surface area contributed by atoms with Crippen molar-refractivity contribution in [2.75, 3.05) is 6.29 Å². The third kappa shape index (κ3) is 4.72. The maximum atomic E-state index is 12.3. The summed E-state index contributed by atoms with van der Waals surface area (Å²) in [5, 5.41) is 1.62. The molecule has 1 heterocycles. The van der Waals surface area contributed by atoms with E-state index < -0.39 is 23.9 Å². The first-order valence-corrected chi connectivity index (χ1v) is 10.2. The number of benzene rings is 1. The van der Waals surface area contributed by atoms with Gasteiger partial charge in [-0.25, -0.2) is 18.9 Å². The van der Waals surface area contributed by atoms with Gasteiger partial charge in [0.15, 0.2) is 0 Å². The molecule has 0 bridgehead atoms. The molecule has 22 heavy (non-hydrogen) atoms. The van der Waals surface area contributed by atoms with Crippen molar-refractivity contribution in [1.29, 1.82) is 0 Å². The molecule has 10 heteroatoms. The Balaban J connectivity index is 1.97. The van der Waals surface area contributed by atoms with E-state index in [-0.39, 0.29) is 10.8 Å². The summed E-state index contributed by atoms with van der Waals surface area (Å²) >= 11 is 1.05. The van der Waals surface area contributed by atoms with E-state index in [1.165, 1.54) is 6.07 Å². The predicted octanol–water partition coefficient (Wildman–Crippen LogP) is 2.28. The molecule has 1 atom stereocenters. The van der Waals surface area contributed by atoms with Gasteiger partial charge in [-0.2, -0.15) is 4.72 Å². The summed E-state index contributed by atoms with van der Waals surface area (Å²) in [6.07, 6.45) is -0.545. The van der Waals surface area contributed by atoms with Crippen LogP contribution in [0.2, 0.25) is 0 Å². The van der Waals surface area contributed by atoms with E-state index in [0.29, 0.717) is 0 Å². The van der Waals surface area contributed by atoms with Crippen LogP contribution in [0, 0.1) is 0 Å². The lowest BCUT2D eigenvalue weighted by atomic mass is 10.2. The molecule has 0 aliphatic heterocycles. The molecule has 0 amide bonds. The monoisotopic (exact) mass is 362 g/mol. The summed E-state index contributed by atoms with van der Waals surface area (Å²) in [5.41, 5.74) is 0.765. The molecule has 2 aromatic rings. The van der Waals surface area contributed by atoms with Crippen LogP contribution in [-0.2, 0) is 30.3 Å². The molecule has 1 aromatic carbocycles. The van der Waals surface area contributed by atoms with Gasteiger partial charge < -0.3 is 4.52 Å². The van der Waals surface area contributed by atoms with Crippen LogP contribution in [0.25, 0.3) is 0 Å². The first kappa shape index (κ1) is 17.3. The largest absolute Gasteiger partial charge is 0.361 e. The molecule has 1 unspecified atom stereocenters. The fourth-order valence-electron chi connectivity index (χ4n) is 1.51. The Morgan fingerprint density at radius 2 is 1.91 bits per heavy atom. The Labute approximate surface area is 132 Å². The summed E-state index contributed by atoms with van der Waals surface area (Å²) in [6.45, 7) is -0.00392. The third-order valence-corrected chi connectivity index (χ3v) is 7.04. The van der Waals surface area contributed by atoms with Crippen molar-refractivity contribution in [2.45, 2.75) is 10.8 Å². The second kappa shape index (κ2) is 7.47. The average Bonchev–Trinajstić information content (AvgIpc) is 3.08. The summed E-state index contributed by atoms with van der Waals surface area (Å²) in [4.78, 5) is 0. The van der Waals surface area contributed by atoms with Crippen LogP contribution in [-0.4, -0.2) is 14.7 Å². The molecule has 0 aliphatic carbocycles. The minimum Gasteiger partial charge on any atom is -0.302 e. The van der Waals surface area contributed by atoms with Crippen molar-refractivity contribution in [1.82, 2.24) is 4.72 Å². The van der Waals surface area contributed by atoms with Crippen molar-refractivity contribution >= 4 is 29.0 Å². The Bertz CT molecular complexity index is 734. The highest BCUT2D eigenvalue weighted by Gasteiger charge is 2.27. The lowest BCUT2D eigenvalue weighted by Crippen LogP contribution is -2.25. The number of hydrogen-bond acceptors (Lipinski definition) is 7. The summed E-state index contributed by atoms with van der Waals surface area (Å²) in [6, 6.07) is 12.0. The Hall–Kier alpha value is -1.06. The molecular formula is C12H15N2O5PS2. The van der Waals surface area contributed by atoms with Crippen molar-refractivity contribution in [2.24, 2.45) is 5.90 Å². The first-order chi connectivity index (χ1) is 10.5. The van der Waals surface area contributed by atoms with E-state index in [9.17, 15) is 13.0 Å². The van der Waals surface area contributed by atoms with Crippen LogP contribution >= 0.6 is 18.9 Å². The molecule has 3 N–H and O–H groups in total. The van der Waals surface area contributed by atoms with Crippen LogP contribution in [0.1, 0.15) is 5.56 Å². The van der Waals surface area contributed by atoms with Crippen molar-refractivity contribution in [3.05, 3.63) is 53.4 Å². The minimum atomic E-state index is -3.77. The fraction of sp³-hybridized carbons (Fsp3) is 0.167. The van der Waals surface area contributed by atoms with E-state index >= 15 is 0 Å². The number of hydrogen-bond donors (Lipinski definition) is 2. The van der Waals surface area contributed by atoms with Crippen LogP contribution in [0.15, 0.2) is 52.1 Å². The highest BCUT2D eigenvalue weighted by atomic mass is 32.2. The Morgan fingerprint density at radius 3 is 2.50 bits per heavy atom. The number of nitrogens with one attached hydrogen (secondary N) is 1. The fourth-order valence-corrected chi connectivity index (χ4v) is 5.10. The summed E-state index contributed by atoms with van der Waals surface area (Å²) < 4.78 is 48.0. The van der Waals surface area contributed by atoms with Gasteiger partial charge >= 0.3 is 7.60 Å². The SMILES string of the molecule is NOP(=O)(CNS(=O)(=O)c1cccs1)OCc1ccccc1. The van der Waals surface area contributed by atoms with Gasteiger partial charge in [0, 0.05) is 0 Å². The van der Waals surface area contributed by atoms with Gasteiger partial charge in [-0.05, 0) is 17.0 Å². The average molecular weight is 362 g/mol. The van der Waals surface area contributed by atoms with Gasteiger partial charge in [0.25, 0.3) is 10.0 Å². The van der Waals surface area contributed by atoms with Gasteiger partial charge in [-0.1, -0.05) is 36.4 Å². The zero-order valence-corrected chi connectivity index (χ0v) is 13.9. The minimum absolute atomic E-state index is 0.00392. The molecule has 0 spiro atoms. The highest BCUT2D eigenvalue weighted by Crippen LogP contribution is 2.46. The van der Waals surface area contributed by atoms with Crippen LogP contribution in [0.3, 0.4) is 0 Å². The standard InChI is InChI=1S/C12H15N2O5PS2/c13-19-20(15,18-9-11-5-2-1-3-6-11)10-14-22(16,17)12-7-4-8-21-12/h1-8,14H,9-10,13H2. The quantitative estimate of drug-likeness (QED) is 0.551. The van der Waals surface area contributed by atoms with Gasteiger partial charge in [0.2, 0.25) is 0 Å². The number of sulfonamides is 1. The van der Waals surface area contributed by atoms with Crippen molar-refractivity contribution in [3.63, 3.8) is 0 Å². The third-order valence-electron chi connectivity index (χ3n) is 2.64. The van der Waals surface area contributed by atoms with Gasteiger partial charge in [-0.15, -0.1) is 11.3 Å². The lowest BCUT2D eigenvalue weighted by Gasteiger charge is -2.16. The predicted molar refractivity (Wildman–Crippen MR) is 83.6 cm³/mol. The van der Waals surface area contributed by atoms with E-state index in [4.69, 9.17) is 10.4 Å². The number of nitrogens with two attached hydrogens (primary N) is 1. The molecule has 0 saturated heterocycles. The normalized spacial score (nSPS) is 14.6. The first-order valence-electron chi connectivity index (χ1n) is 6.14. The van der Waals surface area contributed by atoms with E-state index in [0.717, 1.165) is 16.9 Å². The van der Waals surface area contributed by atoms with Crippen LogP contribution < -0.4 is 10.6 Å². The maximum Gasteiger partial charge on any atom is 0.361 e. The van der Waals surface area contributed by atoms with Crippen molar-refractivity contribution < 1.29 is 22.1 Å². The van der Waals surface area contributed by atoms with Crippen LogP contribution in [0.4, 0.5) is 0 Å². The maximum absolute atomic E-state index is 12.3. The van der Waals surface area contributed by atoms with E-state index in [2.05, 4.69) is 9.35 Å². The summed E-state index contributed by atoms with van der Waals surface area (Å²) in [7, 11) is -7.53. The van der Waals surface area contributed by atoms with Gasteiger partial charge in [0.05, 0.1) is 6.61 Å². The smallest absolute Gasteiger partial charge is 0.302 e. The van der Waals surface area contributed by atoms with E-state index in [1.54, 1.807) is 35.7 Å². The van der Waals surface area contributed by atoms with Gasteiger partial charge in [-0.3, -0.25) is 4.57 Å². The second-order valence-corrected chi connectivity index (χ2v) is 9.16. The van der Waals surface area contributed by atoms with Crippen LogP contribution in [0.5, 0.6) is 0 Å². The number of thiophene rings is 1. The zero-order valence-electron chi connectivity index (χ0n) is 11.4. The molecule has 0 radical (unpaired) electrons. The molecular weight excluding hydrogens is 347 g/mol. The Morgan fingerprint density at radius 1 is 1.18 bits per heavy atom. The van der Waals surface area contributed by atoms with Gasteiger partial charge in [0.1, 0.15) is 10.5 Å². The molecule has 7 nitrogen and oxygen atoms in total. The van der Waals surface area contributed by atoms with Crippen molar-refractivity contribution in [3.8, 4) is 0 Å². The molecule has 0 aliphatic rings. The molecule has 1 aromatic heterocycles. The molecule has 0 fully saturated rings. The topological polar surface area (TPSA) is 108 Å². The lowest BCUT2D eigenvalue weighted by molar-refractivity contribution is 0.200. The molecule has 120 valence electrons. The summed E-state index contributed by atoms with van der Waals surface area (Å²) in [5.74, 6) is 5.00. The second-order valence-electron chi connectivity index (χ2n) is 4.21. The highest BCUT2D eigenvalue weighted by molar-refractivity contribution is 7.91. The molecule has 2 rings (SSSR count).